The number of ether oxygens (including phenoxy) is 2. The van der Waals surface area contributed by atoms with Gasteiger partial charge in [-0.1, -0.05) is 12.1 Å². The predicted octanol–water partition coefficient (Wildman–Crippen LogP) is 1.68. The van der Waals surface area contributed by atoms with Crippen LogP contribution in [-0.4, -0.2) is 59.8 Å². The smallest absolute Gasteiger partial charge is 0.328 e. The second-order valence-electron chi connectivity index (χ2n) is 5.62. The molecule has 1 saturated heterocycles. The summed E-state index contributed by atoms with van der Waals surface area (Å²) in [4.78, 5) is 29.5. The lowest BCUT2D eigenvalue weighted by Gasteiger charge is -2.32. The minimum Gasteiger partial charge on any atom is -0.497 e. The number of nitrogens with zero attached hydrogens (tertiary/aromatic N) is 2. The third-order valence-corrected chi connectivity index (χ3v) is 4.08. The summed E-state index contributed by atoms with van der Waals surface area (Å²) in [6, 6.07) is 8.13. The monoisotopic (exact) mass is 342 g/mol. The number of morpholine rings is 1. The summed E-state index contributed by atoms with van der Waals surface area (Å²) < 4.78 is 10.3. The fraction of sp³-hybridized carbons (Fsp3) is 0.278. The van der Waals surface area contributed by atoms with E-state index in [0.29, 0.717) is 12.2 Å². The highest BCUT2D eigenvalue weighted by Gasteiger charge is 2.33. The molecule has 2 heterocycles. The molecule has 0 bridgehead atoms. The van der Waals surface area contributed by atoms with E-state index in [4.69, 9.17) is 9.47 Å². The highest BCUT2D eigenvalue weighted by Crippen LogP contribution is 2.23. The molecule has 0 saturated carbocycles. The zero-order valence-electron chi connectivity index (χ0n) is 13.7. The first-order valence-electron chi connectivity index (χ1n) is 7.81. The molecule has 1 unspecified atom stereocenters. The second-order valence-corrected chi connectivity index (χ2v) is 5.62. The van der Waals surface area contributed by atoms with E-state index >= 15 is 0 Å². The molecule has 130 valence electrons. The molecule has 1 aliphatic heterocycles. The van der Waals surface area contributed by atoms with Gasteiger partial charge >= 0.3 is 5.97 Å². The quantitative estimate of drug-likeness (QED) is 0.909. The van der Waals surface area contributed by atoms with Crippen LogP contribution in [0.2, 0.25) is 0 Å². The summed E-state index contributed by atoms with van der Waals surface area (Å²) in [7, 11) is 1.59. The van der Waals surface area contributed by atoms with Crippen LogP contribution < -0.4 is 4.74 Å². The Bertz CT molecular complexity index is 775. The van der Waals surface area contributed by atoms with Gasteiger partial charge in [-0.15, -0.1) is 0 Å². The van der Waals surface area contributed by atoms with Gasteiger partial charge in [-0.05, 0) is 23.8 Å². The number of benzene rings is 1. The number of carboxylic acids is 1. The van der Waals surface area contributed by atoms with Gasteiger partial charge in [0.25, 0.3) is 5.91 Å². The molecule has 7 heteroatoms. The molecule has 25 heavy (non-hydrogen) atoms. The van der Waals surface area contributed by atoms with Crippen LogP contribution in [-0.2, 0) is 9.53 Å². The number of aliphatic carboxylic acids is 1. The maximum atomic E-state index is 12.7. The molecule has 1 atom stereocenters. The number of pyridine rings is 1. The van der Waals surface area contributed by atoms with Gasteiger partial charge in [0, 0.05) is 24.5 Å². The Kier molecular flexibility index (Phi) is 4.95. The Balaban J connectivity index is 1.87. The van der Waals surface area contributed by atoms with Crippen LogP contribution in [0, 0.1) is 0 Å². The number of hydrogen-bond acceptors (Lipinski definition) is 5. The number of methoxy groups -OCH3 is 1. The number of aromatic nitrogens is 1. The molecule has 7 nitrogen and oxygen atoms in total. The van der Waals surface area contributed by atoms with Crippen LogP contribution in [0.4, 0.5) is 0 Å². The molecule has 1 aliphatic rings. The Hall–Kier alpha value is -2.93. The maximum absolute atomic E-state index is 12.7. The van der Waals surface area contributed by atoms with E-state index in [1.807, 2.05) is 24.3 Å². The standard InChI is InChI=1S/C18H18N2O5/c1-24-15-4-2-12(3-5-15)13-8-14(10-19-9-13)17(21)20-6-7-25-11-16(20)18(22)23/h2-5,8-10,16H,6-7,11H2,1H3,(H,22,23). The normalized spacial score (nSPS) is 17.2. The largest absolute Gasteiger partial charge is 0.497 e. The fourth-order valence-electron chi connectivity index (χ4n) is 2.72. The van der Waals surface area contributed by atoms with Crippen molar-refractivity contribution in [3.63, 3.8) is 0 Å². The average Bonchev–Trinajstić information content (AvgIpc) is 2.67. The van der Waals surface area contributed by atoms with Gasteiger partial charge in [-0.2, -0.15) is 0 Å². The van der Waals surface area contributed by atoms with Gasteiger partial charge in [0.2, 0.25) is 0 Å². The zero-order chi connectivity index (χ0) is 17.8. The Morgan fingerprint density at radius 2 is 2.00 bits per heavy atom. The van der Waals surface area contributed by atoms with Crippen LogP contribution in [0.5, 0.6) is 5.75 Å². The van der Waals surface area contributed by atoms with Crippen molar-refractivity contribution in [1.29, 1.82) is 0 Å². The highest BCUT2D eigenvalue weighted by molar-refractivity contribution is 5.97. The van der Waals surface area contributed by atoms with Crippen molar-refractivity contribution in [3.05, 3.63) is 48.3 Å². The molecule has 3 rings (SSSR count). The molecule has 1 N–H and O–H groups in total. The second kappa shape index (κ2) is 7.31. The lowest BCUT2D eigenvalue weighted by atomic mass is 10.0. The topological polar surface area (TPSA) is 89.0 Å². The molecule has 0 spiro atoms. The molecular weight excluding hydrogens is 324 g/mol. The van der Waals surface area contributed by atoms with E-state index in [2.05, 4.69) is 4.98 Å². The molecule has 1 aromatic carbocycles. The lowest BCUT2D eigenvalue weighted by Crippen LogP contribution is -2.52. The number of carbonyl (C=O) groups excluding carboxylic acids is 1. The SMILES string of the molecule is COc1ccc(-c2cncc(C(=O)N3CCOCC3C(=O)O)c2)cc1. The fourth-order valence-corrected chi connectivity index (χ4v) is 2.72. The lowest BCUT2D eigenvalue weighted by molar-refractivity contribution is -0.147. The van der Waals surface area contributed by atoms with E-state index in [1.54, 1.807) is 19.4 Å². The molecular formula is C18H18N2O5. The van der Waals surface area contributed by atoms with Gasteiger partial charge in [-0.25, -0.2) is 4.79 Å². The van der Waals surface area contributed by atoms with Crippen molar-refractivity contribution in [3.8, 4) is 16.9 Å². The van der Waals surface area contributed by atoms with Crippen molar-refractivity contribution >= 4 is 11.9 Å². The zero-order valence-corrected chi connectivity index (χ0v) is 13.7. The summed E-state index contributed by atoms with van der Waals surface area (Å²) in [5.74, 6) is -0.701. The van der Waals surface area contributed by atoms with E-state index < -0.39 is 12.0 Å². The first kappa shape index (κ1) is 16.9. The van der Waals surface area contributed by atoms with E-state index in [0.717, 1.165) is 16.9 Å². The third kappa shape index (κ3) is 3.61. The van der Waals surface area contributed by atoms with Crippen LogP contribution in [0.1, 0.15) is 10.4 Å². The number of carbonyl (C=O) groups is 2. The van der Waals surface area contributed by atoms with Crippen LogP contribution in [0.15, 0.2) is 42.7 Å². The van der Waals surface area contributed by atoms with E-state index in [-0.39, 0.29) is 19.1 Å². The van der Waals surface area contributed by atoms with Crippen molar-refractivity contribution in [2.75, 3.05) is 26.9 Å². The molecule has 2 aromatic rings. The summed E-state index contributed by atoms with van der Waals surface area (Å²) in [6.45, 7) is 0.552. The van der Waals surface area contributed by atoms with Crippen LogP contribution in [0.25, 0.3) is 11.1 Å². The number of amides is 1. The summed E-state index contributed by atoms with van der Waals surface area (Å²) >= 11 is 0. The molecule has 0 radical (unpaired) electrons. The Morgan fingerprint density at radius 3 is 2.68 bits per heavy atom. The first-order valence-corrected chi connectivity index (χ1v) is 7.81. The number of hydrogen-bond donors (Lipinski definition) is 1. The van der Waals surface area contributed by atoms with E-state index in [1.165, 1.54) is 11.1 Å². The van der Waals surface area contributed by atoms with Gasteiger partial charge in [0.05, 0.1) is 25.9 Å². The van der Waals surface area contributed by atoms with Gasteiger partial charge in [0.15, 0.2) is 6.04 Å². The van der Waals surface area contributed by atoms with Crippen LogP contribution in [0.3, 0.4) is 0 Å². The molecule has 1 aromatic heterocycles. The maximum Gasteiger partial charge on any atom is 0.328 e. The summed E-state index contributed by atoms with van der Waals surface area (Å²) in [5.41, 5.74) is 2.01. The number of carboxylic acid groups (broad SMARTS) is 1. The Morgan fingerprint density at radius 1 is 1.24 bits per heavy atom. The highest BCUT2D eigenvalue weighted by atomic mass is 16.5. The van der Waals surface area contributed by atoms with Gasteiger partial charge in [0.1, 0.15) is 5.75 Å². The van der Waals surface area contributed by atoms with Gasteiger partial charge < -0.3 is 19.5 Å². The minimum atomic E-state index is -1.08. The first-order chi connectivity index (χ1) is 12.1. The Labute approximate surface area is 144 Å². The average molecular weight is 342 g/mol. The van der Waals surface area contributed by atoms with Crippen molar-refractivity contribution in [2.45, 2.75) is 6.04 Å². The van der Waals surface area contributed by atoms with E-state index in [9.17, 15) is 14.7 Å². The summed E-state index contributed by atoms with van der Waals surface area (Å²) in [5, 5.41) is 9.29. The van der Waals surface area contributed by atoms with Crippen molar-refractivity contribution < 1.29 is 24.2 Å². The third-order valence-electron chi connectivity index (χ3n) is 4.08. The molecule has 0 aliphatic carbocycles. The molecule has 1 fully saturated rings. The van der Waals surface area contributed by atoms with Crippen molar-refractivity contribution in [2.24, 2.45) is 0 Å². The van der Waals surface area contributed by atoms with Gasteiger partial charge in [-0.3, -0.25) is 9.78 Å². The van der Waals surface area contributed by atoms with Crippen LogP contribution >= 0.6 is 0 Å². The number of rotatable bonds is 4. The molecule has 1 amide bonds. The summed E-state index contributed by atoms with van der Waals surface area (Å²) in [6.07, 6.45) is 3.11. The predicted molar refractivity (Wildman–Crippen MR) is 89.5 cm³/mol. The minimum absolute atomic E-state index is 0.00727. The van der Waals surface area contributed by atoms with Crippen molar-refractivity contribution in [1.82, 2.24) is 9.88 Å².